The van der Waals surface area contributed by atoms with E-state index in [1.807, 2.05) is 30.3 Å². The van der Waals surface area contributed by atoms with E-state index in [-0.39, 0.29) is 11.6 Å². The average Bonchev–Trinajstić information content (AvgIpc) is 2.65. The Hall–Kier alpha value is -2.59. The quantitative estimate of drug-likeness (QED) is 0.653. The van der Waals surface area contributed by atoms with E-state index in [9.17, 15) is 4.79 Å². The Bertz CT molecular complexity index is 716. The van der Waals surface area contributed by atoms with Crippen LogP contribution in [-0.4, -0.2) is 18.2 Å². The third kappa shape index (κ3) is 9.06. The molecule has 2 aromatic carbocycles. The molecule has 0 aliphatic rings. The van der Waals surface area contributed by atoms with Crippen LogP contribution in [-0.2, 0) is 17.9 Å². The number of carbonyl (C=O) groups excluding carboxylic acids is 1. The SMILES string of the molecule is CC(C)(C)NCc1ccc(C=CCCNC(=O)OCc2ccccc2)cc1. The Morgan fingerprint density at radius 2 is 1.70 bits per heavy atom. The van der Waals surface area contributed by atoms with E-state index < -0.39 is 0 Å². The van der Waals surface area contributed by atoms with Crippen molar-refractivity contribution in [2.75, 3.05) is 6.54 Å². The molecule has 0 saturated carbocycles. The molecule has 2 N–H and O–H groups in total. The van der Waals surface area contributed by atoms with Gasteiger partial charge in [-0.3, -0.25) is 0 Å². The van der Waals surface area contributed by atoms with Crippen LogP contribution in [0.2, 0.25) is 0 Å². The second kappa shape index (κ2) is 10.5. The van der Waals surface area contributed by atoms with Crippen molar-refractivity contribution < 1.29 is 9.53 Å². The van der Waals surface area contributed by atoms with Gasteiger partial charge in [-0.2, -0.15) is 0 Å². The maximum atomic E-state index is 11.7. The van der Waals surface area contributed by atoms with Gasteiger partial charge in [-0.15, -0.1) is 0 Å². The fourth-order valence-electron chi connectivity index (χ4n) is 2.36. The van der Waals surface area contributed by atoms with E-state index in [0.717, 1.165) is 24.1 Å². The first-order chi connectivity index (χ1) is 12.9. The highest BCUT2D eigenvalue weighted by molar-refractivity contribution is 5.67. The van der Waals surface area contributed by atoms with Gasteiger partial charge in [0.25, 0.3) is 0 Å². The lowest BCUT2D eigenvalue weighted by Crippen LogP contribution is -2.35. The van der Waals surface area contributed by atoms with E-state index in [0.29, 0.717) is 13.2 Å². The average molecular weight is 367 g/mol. The van der Waals surface area contributed by atoms with Crippen LogP contribution in [0.15, 0.2) is 60.7 Å². The first-order valence-corrected chi connectivity index (χ1v) is 9.37. The number of hydrogen-bond donors (Lipinski definition) is 2. The fraction of sp³-hybridized carbons (Fsp3) is 0.348. The molecule has 0 unspecified atom stereocenters. The lowest BCUT2D eigenvalue weighted by Gasteiger charge is -2.20. The van der Waals surface area contributed by atoms with Crippen molar-refractivity contribution in [2.45, 2.75) is 45.9 Å². The summed E-state index contributed by atoms with van der Waals surface area (Å²) in [5.41, 5.74) is 3.52. The Morgan fingerprint density at radius 1 is 1.00 bits per heavy atom. The van der Waals surface area contributed by atoms with Crippen LogP contribution >= 0.6 is 0 Å². The van der Waals surface area contributed by atoms with Crippen molar-refractivity contribution >= 4 is 12.2 Å². The van der Waals surface area contributed by atoms with Crippen molar-refractivity contribution in [1.82, 2.24) is 10.6 Å². The minimum atomic E-state index is -0.386. The highest BCUT2D eigenvalue weighted by Crippen LogP contribution is 2.08. The first kappa shape index (κ1) is 20.7. The van der Waals surface area contributed by atoms with Crippen molar-refractivity contribution in [3.63, 3.8) is 0 Å². The summed E-state index contributed by atoms with van der Waals surface area (Å²) in [5.74, 6) is 0. The monoisotopic (exact) mass is 366 g/mol. The number of rotatable bonds is 8. The predicted molar refractivity (Wildman–Crippen MR) is 111 cm³/mol. The summed E-state index contributed by atoms with van der Waals surface area (Å²) in [4.78, 5) is 11.7. The van der Waals surface area contributed by atoms with Gasteiger partial charge < -0.3 is 15.4 Å². The second-order valence-electron chi connectivity index (χ2n) is 7.52. The molecule has 0 aliphatic heterocycles. The van der Waals surface area contributed by atoms with Crippen LogP contribution in [0.4, 0.5) is 4.79 Å². The summed E-state index contributed by atoms with van der Waals surface area (Å²) in [5, 5.41) is 6.24. The summed E-state index contributed by atoms with van der Waals surface area (Å²) < 4.78 is 5.17. The van der Waals surface area contributed by atoms with Gasteiger partial charge in [0.05, 0.1) is 0 Å². The topological polar surface area (TPSA) is 50.4 Å². The third-order valence-electron chi connectivity index (χ3n) is 3.91. The Balaban J connectivity index is 1.63. The van der Waals surface area contributed by atoms with Gasteiger partial charge in [-0.1, -0.05) is 66.7 Å². The molecular weight excluding hydrogens is 336 g/mol. The Morgan fingerprint density at radius 3 is 2.37 bits per heavy atom. The normalized spacial score (nSPS) is 11.5. The number of nitrogens with one attached hydrogen (secondary N) is 2. The van der Waals surface area contributed by atoms with Gasteiger partial charge in [0, 0.05) is 18.6 Å². The van der Waals surface area contributed by atoms with Crippen LogP contribution in [0.3, 0.4) is 0 Å². The molecule has 144 valence electrons. The van der Waals surface area contributed by atoms with Gasteiger partial charge in [-0.05, 0) is 43.9 Å². The minimum absolute atomic E-state index is 0.119. The van der Waals surface area contributed by atoms with Gasteiger partial charge in [0.2, 0.25) is 0 Å². The van der Waals surface area contributed by atoms with E-state index >= 15 is 0 Å². The number of alkyl carbamates (subject to hydrolysis) is 1. The van der Waals surface area contributed by atoms with Crippen molar-refractivity contribution in [2.24, 2.45) is 0 Å². The highest BCUT2D eigenvalue weighted by Gasteiger charge is 2.07. The Labute approximate surface area is 162 Å². The highest BCUT2D eigenvalue weighted by atomic mass is 16.5. The van der Waals surface area contributed by atoms with Crippen LogP contribution in [0.5, 0.6) is 0 Å². The van der Waals surface area contributed by atoms with Crippen molar-refractivity contribution in [1.29, 1.82) is 0 Å². The van der Waals surface area contributed by atoms with Crippen LogP contribution in [0.1, 0.15) is 43.9 Å². The summed E-state index contributed by atoms with van der Waals surface area (Å²) in [6.45, 7) is 8.19. The molecule has 2 aromatic rings. The number of hydrogen-bond acceptors (Lipinski definition) is 3. The number of amides is 1. The summed E-state index contributed by atoms with van der Waals surface area (Å²) in [6.07, 6.45) is 4.49. The summed E-state index contributed by atoms with van der Waals surface area (Å²) >= 11 is 0. The molecule has 4 nitrogen and oxygen atoms in total. The van der Waals surface area contributed by atoms with E-state index in [1.165, 1.54) is 5.56 Å². The van der Waals surface area contributed by atoms with Gasteiger partial charge in [-0.25, -0.2) is 4.79 Å². The molecule has 0 aromatic heterocycles. The largest absolute Gasteiger partial charge is 0.445 e. The molecule has 2 rings (SSSR count). The van der Waals surface area contributed by atoms with Crippen LogP contribution in [0, 0.1) is 0 Å². The minimum Gasteiger partial charge on any atom is -0.445 e. The molecular formula is C23H30N2O2. The molecule has 0 radical (unpaired) electrons. The zero-order valence-electron chi connectivity index (χ0n) is 16.5. The first-order valence-electron chi connectivity index (χ1n) is 9.37. The van der Waals surface area contributed by atoms with Crippen LogP contribution in [0.25, 0.3) is 6.08 Å². The van der Waals surface area contributed by atoms with Gasteiger partial charge >= 0.3 is 6.09 Å². The van der Waals surface area contributed by atoms with Gasteiger partial charge in [0.1, 0.15) is 6.61 Å². The number of benzene rings is 2. The van der Waals surface area contributed by atoms with Crippen molar-refractivity contribution in [3.05, 3.63) is 77.4 Å². The molecule has 27 heavy (non-hydrogen) atoms. The maximum absolute atomic E-state index is 11.7. The van der Waals surface area contributed by atoms with E-state index in [4.69, 9.17) is 4.74 Å². The fourth-order valence-corrected chi connectivity index (χ4v) is 2.36. The predicted octanol–water partition coefficient (Wildman–Crippen LogP) is 4.90. The zero-order valence-corrected chi connectivity index (χ0v) is 16.5. The summed E-state index contributed by atoms with van der Waals surface area (Å²) in [7, 11) is 0. The van der Waals surface area contributed by atoms with Crippen molar-refractivity contribution in [3.8, 4) is 0 Å². The Kier molecular flexibility index (Phi) is 8.08. The molecule has 1 amide bonds. The molecule has 0 spiro atoms. The zero-order chi connectivity index (χ0) is 19.5. The lowest BCUT2D eigenvalue weighted by atomic mass is 10.1. The molecule has 0 bridgehead atoms. The molecule has 0 aliphatic carbocycles. The summed E-state index contributed by atoms with van der Waals surface area (Å²) in [6, 6.07) is 18.1. The number of carbonyl (C=O) groups is 1. The lowest BCUT2D eigenvalue weighted by molar-refractivity contribution is 0.140. The third-order valence-corrected chi connectivity index (χ3v) is 3.91. The second-order valence-corrected chi connectivity index (χ2v) is 7.52. The molecule has 0 fully saturated rings. The molecule has 4 heteroatoms. The van der Waals surface area contributed by atoms with E-state index in [2.05, 4.69) is 67.8 Å². The van der Waals surface area contributed by atoms with Gasteiger partial charge in [0.15, 0.2) is 0 Å². The van der Waals surface area contributed by atoms with Crippen LogP contribution < -0.4 is 10.6 Å². The number of ether oxygens (including phenoxy) is 1. The standard InChI is InChI=1S/C23H30N2O2/c1-23(2,3)25-17-20-14-12-19(13-15-20)9-7-8-16-24-22(26)27-18-21-10-5-4-6-11-21/h4-7,9-15,25H,8,16-18H2,1-3H3,(H,24,26). The molecule has 0 saturated heterocycles. The molecule has 0 heterocycles. The van der Waals surface area contributed by atoms with E-state index in [1.54, 1.807) is 0 Å². The molecule has 0 atom stereocenters. The smallest absolute Gasteiger partial charge is 0.407 e. The maximum Gasteiger partial charge on any atom is 0.407 e.